The Kier molecular flexibility index (Phi) is 8.81. The molecule has 1 atom stereocenters. The zero-order chi connectivity index (χ0) is 18.8. The number of amides is 1. The van der Waals surface area contributed by atoms with E-state index < -0.39 is 5.97 Å². The molecular formula is C19H29NO5. The maximum Gasteiger partial charge on any atom is 0.338 e. The van der Waals surface area contributed by atoms with Crippen LogP contribution in [0.15, 0.2) is 18.2 Å². The molecule has 0 aliphatic rings. The fraction of sp³-hybridized carbons (Fsp3) is 0.579. The molecule has 0 bridgehead atoms. The second kappa shape index (κ2) is 10.6. The van der Waals surface area contributed by atoms with E-state index in [4.69, 9.17) is 14.2 Å². The van der Waals surface area contributed by atoms with Crippen molar-refractivity contribution in [2.75, 3.05) is 20.3 Å². The SMILES string of the molecule is CCC[C@H](C)NC(=O)COC(=O)c1ccc(OCC(C)C)c(OC)c1. The number of hydrogen-bond donors (Lipinski definition) is 1. The molecule has 0 aliphatic heterocycles. The van der Waals surface area contributed by atoms with Crippen molar-refractivity contribution in [1.29, 1.82) is 0 Å². The van der Waals surface area contributed by atoms with Crippen molar-refractivity contribution in [3.63, 3.8) is 0 Å². The molecule has 0 aliphatic carbocycles. The minimum atomic E-state index is -0.577. The van der Waals surface area contributed by atoms with E-state index in [0.717, 1.165) is 12.8 Å². The first kappa shape index (κ1) is 20.8. The minimum absolute atomic E-state index is 0.0636. The van der Waals surface area contributed by atoms with Crippen molar-refractivity contribution < 1.29 is 23.8 Å². The average Bonchev–Trinajstić information content (AvgIpc) is 2.57. The molecule has 1 aromatic rings. The Labute approximate surface area is 149 Å². The standard InChI is InChI=1S/C19H29NO5/c1-6-7-14(4)20-18(21)12-25-19(22)15-8-9-16(17(10-15)23-5)24-11-13(2)3/h8-10,13-14H,6-7,11-12H2,1-5H3,(H,20,21)/t14-/m0/s1. The molecule has 1 aromatic carbocycles. The van der Waals surface area contributed by atoms with Gasteiger partial charge in [-0.25, -0.2) is 4.79 Å². The van der Waals surface area contributed by atoms with Crippen molar-refractivity contribution in [1.82, 2.24) is 5.32 Å². The van der Waals surface area contributed by atoms with Gasteiger partial charge < -0.3 is 19.5 Å². The van der Waals surface area contributed by atoms with E-state index in [2.05, 4.69) is 5.32 Å². The molecule has 0 aromatic heterocycles. The minimum Gasteiger partial charge on any atom is -0.493 e. The molecule has 0 saturated carbocycles. The number of esters is 1. The highest BCUT2D eigenvalue weighted by atomic mass is 16.5. The maximum absolute atomic E-state index is 12.1. The molecule has 0 radical (unpaired) electrons. The molecule has 6 nitrogen and oxygen atoms in total. The van der Waals surface area contributed by atoms with Gasteiger partial charge in [-0.05, 0) is 37.5 Å². The van der Waals surface area contributed by atoms with Gasteiger partial charge in [-0.2, -0.15) is 0 Å². The lowest BCUT2D eigenvalue weighted by molar-refractivity contribution is -0.124. The van der Waals surface area contributed by atoms with Crippen LogP contribution in [0.2, 0.25) is 0 Å². The highest BCUT2D eigenvalue weighted by molar-refractivity contribution is 5.92. The highest BCUT2D eigenvalue weighted by Gasteiger charge is 2.15. The summed E-state index contributed by atoms with van der Waals surface area (Å²) in [6.07, 6.45) is 1.86. The normalized spacial score (nSPS) is 11.8. The van der Waals surface area contributed by atoms with Gasteiger partial charge in [0.05, 0.1) is 19.3 Å². The molecule has 0 unspecified atom stereocenters. The van der Waals surface area contributed by atoms with Gasteiger partial charge in [0.1, 0.15) is 0 Å². The lowest BCUT2D eigenvalue weighted by Gasteiger charge is -2.14. The summed E-state index contributed by atoms with van der Waals surface area (Å²) >= 11 is 0. The number of methoxy groups -OCH3 is 1. The van der Waals surface area contributed by atoms with Gasteiger partial charge in [-0.1, -0.05) is 27.2 Å². The molecule has 25 heavy (non-hydrogen) atoms. The van der Waals surface area contributed by atoms with Crippen LogP contribution in [0.3, 0.4) is 0 Å². The van der Waals surface area contributed by atoms with Crippen molar-refractivity contribution in [3.8, 4) is 11.5 Å². The summed E-state index contributed by atoms with van der Waals surface area (Å²) in [5, 5.41) is 2.79. The van der Waals surface area contributed by atoms with E-state index in [1.807, 2.05) is 27.7 Å². The first-order valence-corrected chi connectivity index (χ1v) is 8.64. The number of nitrogens with one attached hydrogen (secondary N) is 1. The first-order chi connectivity index (χ1) is 11.9. The van der Waals surface area contributed by atoms with Crippen molar-refractivity contribution >= 4 is 11.9 Å². The Morgan fingerprint density at radius 3 is 2.48 bits per heavy atom. The van der Waals surface area contributed by atoms with Crippen LogP contribution in [-0.2, 0) is 9.53 Å². The van der Waals surface area contributed by atoms with Crippen LogP contribution in [0, 0.1) is 5.92 Å². The number of rotatable bonds is 10. The number of ether oxygens (including phenoxy) is 3. The second-order valence-corrected chi connectivity index (χ2v) is 6.40. The van der Waals surface area contributed by atoms with Crippen molar-refractivity contribution in [2.24, 2.45) is 5.92 Å². The van der Waals surface area contributed by atoms with Crippen LogP contribution >= 0.6 is 0 Å². The van der Waals surface area contributed by atoms with E-state index in [0.29, 0.717) is 29.6 Å². The summed E-state index contributed by atoms with van der Waals surface area (Å²) in [7, 11) is 1.51. The topological polar surface area (TPSA) is 73.9 Å². The molecule has 0 saturated heterocycles. The summed E-state index contributed by atoms with van der Waals surface area (Å²) in [6.45, 7) is 8.31. The van der Waals surface area contributed by atoms with Gasteiger partial charge in [0.25, 0.3) is 5.91 Å². The van der Waals surface area contributed by atoms with Gasteiger partial charge >= 0.3 is 5.97 Å². The fourth-order valence-corrected chi connectivity index (χ4v) is 2.21. The molecule has 0 spiro atoms. The molecule has 1 amide bonds. The Morgan fingerprint density at radius 1 is 1.16 bits per heavy atom. The first-order valence-electron chi connectivity index (χ1n) is 8.64. The predicted molar refractivity (Wildman–Crippen MR) is 96.1 cm³/mol. The van der Waals surface area contributed by atoms with Crippen LogP contribution in [0.1, 0.15) is 50.9 Å². The fourth-order valence-electron chi connectivity index (χ4n) is 2.21. The van der Waals surface area contributed by atoms with Crippen LogP contribution in [0.5, 0.6) is 11.5 Å². The molecule has 1 N–H and O–H groups in total. The zero-order valence-electron chi connectivity index (χ0n) is 15.8. The van der Waals surface area contributed by atoms with Gasteiger partial charge in [0, 0.05) is 6.04 Å². The molecule has 6 heteroatoms. The van der Waals surface area contributed by atoms with E-state index in [-0.39, 0.29) is 18.6 Å². The summed E-state index contributed by atoms with van der Waals surface area (Å²) in [6, 6.07) is 4.88. The smallest absolute Gasteiger partial charge is 0.338 e. The van der Waals surface area contributed by atoms with E-state index >= 15 is 0 Å². The lowest BCUT2D eigenvalue weighted by Crippen LogP contribution is -2.35. The Balaban J connectivity index is 2.61. The van der Waals surface area contributed by atoms with E-state index in [9.17, 15) is 9.59 Å². The predicted octanol–water partition coefficient (Wildman–Crippen LogP) is 3.19. The third kappa shape index (κ3) is 7.45. The summed E-state index contributed by atoms with van der Waals surface area (Å²) in [4.78, 5) is 23.9. The van der Waals surface area contributed by atoms with Crippen molar-refractivity contribution in [3.05, 3.63) is 23.8 Å². The van der Waals surface area contributed by atoms with Crippen LogP contribution in [0.4, 0.5) is 0 Å². The summed E-state index contributed by atoms with van der Waals surface area (Å²) < 4.78 is 16.0. The quantitative estimate of drug-likeness (QED) is 0.655. The Hall–Kier alpha value is -2.24. The van der Waals surface area contributed by atoms with Gasteiger partial charge in [-0.15, -0.1) is 0 Å². The van der Waals surface area contributed by atoms with E-state index in [1.54, 1.807) is 18.2 Å². The number of hydrogen-bond acceptors (Lipinski definition) is 5. The number of carbonyl (C=O) groups is 2. The zero-order valence-corrected chi connectivity index (χ0v) is 15.8. The summed E-state index contributed by atoms with van der Waals surface area (Å²) in [5.41, 5.74) is 0.308. The number of benzene rings is 1. The van der Waals surface area contributed by atoms with Crippen LogP contribution < -0.4 is 14.8 Å². The molecular weight excluding hydrogens is 322 g/mol. The largest absolute Gasteiger partial charge is 0.493 e. The molecule has 0 fully saturated rings. The maximum atomic E-state index is 12.1. The Morgan fingerprint density at radius 2 is 1.88 bits per heavy atom. The van der Waals surface area contributed by atoms with Crippen LogP contribution in [-0.4, -0.2) is 38.2 Å². The lowest BCUT2D eigenvalue weighted by atomic mass is 10.2. The Bertz CT molecular complexity index is 571. The van der Waals surface area contributed by atoms with Gasteiger partial charge in [0.2, 0.25) is 0 Å². The third-order valence-corrected chi connectivity index (χ3v) is 3.43. The monoisotopic (exact) mass is 351 g/mol. The van der Waals surface area contributed by atoms with Gasteiger partial charge in [-0.3, -0.25) is 4.79 Å². The second-order valence-electron chi connectivity index (χ2n) is 6.40. The van der Waals surface area contributed by atoms with Crippen molar-refractivity contribution in [2.45, 2.75) is 46.6 Å². The summed E-state index contributed by atoms with van der Waals surface area (Å²) in [5.74, 6) is 0.517. The molecule has 0 heterocycles. The highest BCUT2D eigenvalue weighted by Crippen LogP contribution is 2.28. The number of carbonyl (C=O) groups excluding carboxylic acids is 2. The van der Waals surface area contributed by atoms with E-state index in [1.165, 1.54) is 7.11 Å². The third-order valence-electron chi connectivity index (χ3n) is 3.43. The van der Waals surface area contributed by atoms with Gasteiger partial charge in [0.15, 0.2) is 18.1 Å². The molecule has 1 rings (SSSR count). The molecule has 140 valence electrons. The average molecular weight is 351 g/mol. The van der Waals surface area contributed by atoms with Crippen LogP contribution in [0.25, 0.3) is 0 Å².